The summed E-state index contributed by atoms with van der Waals surface area (Å²) in [6, 6.07) is 21.9. The number of hydrogen-bond donors (Lipinski definition) is 1. The molecule has 0 saturated carbocycles. The van der Waals surface area contributed by atoms with Gasteiger partial charge < -0.3 is 15.0 Å². The van der Waals surface area contributed by atoms with E-state index in [2.05, 4.69) is 48.6 Å². The van der Waals surface area contributed by atoms with Gasteiger partial charge in [0.25, 0.3) is 5.91 Å². The van der Waals surface area contributed by atoms with Crippen LogP contribution in [0.4, 0.5) is 10.1 Å². The van der Waals surface area contributed by atoms with Crippen molar-refractivity contribution in [1.82, 2.24) is 5.32 Å². The Morgan fingerprint density at radius 3 is 2.66 bits per heavy atom. The van der Waals surface area contributed by atoms with E-state index < -0.39 is 6.67 Å². The van der Waals surface area contributed by atoms with Gasteiger partial charge in [-0.25, -0.2) is 4.39 Å². The van der Waals surface area contributed by atoms with Crippen LogP contribution in [0.2, 0.25) is 0 Å². The third kappa shape index (κ3) is 4.31. The second kappa shape index (κ2) is 8.72. The third-order valence-electron chi connectivity index (χ3n) is 5.47. The number of carbonyl (C=O) groups is 1. The number of fused-ring (bicyclic) bond motifs is 1. The van der Waals surface area contributed by atoms with Crippen molar-refractivity contribution in [2.24, 2.45) is 0 Å². The van der Waals surface area contributed by atoms with E-state index >= 15 is 0 Å². The van der Waals surface area contributed by atoms with Crippen molar-refractivity contribution < 1.29 is 13.9 Å². The van der Waals surface area contributed by atoms with Crippen molar-refractivity contribution >= 4 is 22.4 Å². The quantitative estimate of drug-likeness (QED) is 0.676. The lowest BCUT2D eigenvalue weighted by molar-refractivity contribution is -0.129. The van der Waals surface area contributed by atoms with E-state index in [0.29, 0.717) is 18.7 Å². The Morgan fingerprint density at radius 2 is 1.86 bits per heavy atom. The van der Waals surface area contributed by atoms with Crippen LogP contribution in [0.1, 0.15) is 24.1 Å². The van der Waals surface area contributed by atoms with E-state index in [1.54, 1.807) is 29.2 Å². The monoisotopic (exact) mass is 392 g/mol. The number of nitrogens with one attached hydrogen (secondary N) is 1. The van der Waals surface area contributed by atoms with Crippen molar-refractivity contribution in [2.75, 3.05) is 24.6 Å². The average Bonchev–Trinajstić information content (AvgIpc) is 2.78. The summed E-state index contributed by atoms with van der Waals surface area (Å²) in [5.74, 6) is -0.0728. The number of halogens is 1. The van der Waals surface area contributed by atoms with Crippen LogP contribution in [-0.4, -0.2) is 31.7 Å². The van der Waals surface area contributed by atoms with Crippen molar-refractivity contribution in [2.45, 2.75) is 25.7 Å². The molecule has 1 saturated heterocycles. The highest BCUT2D eigenvalue weighted by atomic mass is 19.1. The van der Waals surface area contributed by atoms with Gasteiger partial charge in [-0.15, -0.1) is 0 Å². The molecule has 3 aromatic rings. The van der Waals surface area contributed by atoms with E-state index in [1.807, 2.05) is 6.07 Å². The molecule has 4 nitrogen and oxygen atoms in total. The number of morpholine rings is 1. The van der Waals surface area contributed by atoms with Crippen LogP contribution in [0.25, 0.3) is 10.8 Å². The Kier molecular flexibility index (Phi) is 5.88. The topological polar surface area (TPSA) is 41.6 Å². The van der Waals surface area contributed by atoms with E-state index in [9.17, 15) is 9.18 Å². The Labute approximate surface area is 170 Å². The first-order chi connectivity index (χ1) is 14.2. The molecule has 2 atom stereocenters. The fraction of sp³-hybridized carbons (Fsp3) is 0.292. The van der Waals surface area contributed by atoms with Gasteiger partial charge in [-0.2, -0.15) is 0 Å². The van der Waals surface area contributed by atoms with Crippen LogP contribution in [-0.2, 0) is 16.2 Å². The summed E-state index contributed by atoms with van der Waals surface area (Å²) in [6.07, 6.45) is -0.106. The average molecular weight is 392 g/mol. The third-order valence-corrected chi connectivity index (χ3v) is 5.47. The van der Waals surface area contributed by atoms with Gasteiger partial charge in [0.2, 0.25) is 0 Å². The zero-order valence-electron chi connectivity index (χ0n) is 16.5. The molecule has 1 unspecified atom stereocenters. The molecule has 0 aliphatic carbocycles. The molecule has 1 fully saturated rings. The number of carbonyl (C=O) groups excluding carboxylic acids is 1. The zero-order chi connectivity index (χ0) is 20.2. The minimum Gasteiger partial charge on any atom is -0.365 e. The lowest BCUT2D eigenvalue weighted by Gasteiger charge is -2.33. The van der Waals surface area contributed by atoms with E-state index in [4.69, 9.17) is 4.74 Å². The van der Waals surface area contributed by atoms with Gasteiger partial charge in [-0.05, 0) is 41.0 Å². The molecule has 1 amide bonds. The summed E-state index contributed by atoms with van der Waals surface area (Å²) < 4.78 is 18.5. The molecule has 0 bridgehead atoms. The largest absolute Gasteiger partial charge is 0.365 e. The lowest BCUT2D eigenvalue weighted by Crippen LogP contribution is -2.50. The van der Waals surface area contributed by atoms with E-state index in [1.165, 1.54) is 16.3 Å². The first kappa shape index (κ1) is 19.6. The molecule has 1 aliphatic rings. The summed E-state index contributed by atoms with van der Waals surface area (Å²) in [5.41, 5.74) is 2.63. The highest BCUT2D eigenvalue weighted by Gasteiger charge is 2.27. The van der Waals surface area contributed by atoms with Gasteiger partial charge in [0.15, 0.2) is 0 Å². The number of rotatable bonds is 6. The van der Waals surface area contributed by atoms with E-state index in [-0.39, 0.29) is 24.7 Å². The fourth-order valence-corrected chi connectivity index (χ4v) is 3.81. The molecule has 3 aromatic carbocycles. The SMILES string of the molecule is C[C@H](NCC1CN(c2ccc(CF)cc2)C(=O)CO1)c1cccc2ccccc12. The molecule has 0 spiro atoms. The van der Waals surface area contributed by atoms with Gasteiger partial charge >= 0.3 is 0 Å². The summed E-state index contributed by atoms with van der Waals surface area (Å²) >= 11 is 0. The predicted octanol–water partition coefficient (Wildman–Crippen LogP) is 4.39. The zero-order valence-corrected chi connectivity index (χ0v) is 16.5. The normalized spacial score (nSPS) is 18.2. The van der Waals surface area contributed by atoms with Crippen LogP contribution in [0, 0.1) is 0 Å². The van der Waals surface area contributed by atoms with Crippen LogP contribution in [0.15, 0.2) is 66.7 Å². The molecular weight excluding hydrogens is 367 g/mol. The second-order valence-electron chi connectivity index (χ2n) is 7.44. The number of ether oxygens (including phenoxy) is 1. The Balaban J connectivity index is 1.42. The van der Waals surface area contributed by atoms with Gasteiger partial charge in [0, 0.05) is 18.3 Å². The van der Waals surface area contributed by atoms with Gasteiger partial charge in [0.1, 0.15) is 13.3 Å². The number of hydrogen-bond acceptors (Lipinski definition) is 3. The summed E-state index contributed by atoms with van der Waals surface area (Å²) in [7, 11) is 0. The first-order valence-corrected chi connectivity index (χ1v) is 9.93. The smallest absolute Gasteiger partial charge is 0.253 e. The maximum Gasteiger partial charge on any atom is 0.253 e. The van der Waals surface area contributed by atoms with E-state index in [0.717, 1.165) is 5.69 Å². The van der Waals surface area contributed by atoms with Crippen LogP contribution < -0.4 is 10.2 Å². The molecule has 0 radical (unpaired) electrons. The molecule has 4 rings (SSSR count). The number of anilines is 1. The maximum atomic E-state index is 12.7. The van der Waals surface area contributed by atoms with Gasteiger partial charge in [-0.1, -0.05) is 54.6 Å². The summed E-state index contributed by atoms with van der Waals surface area (Å²) in [6.45, 7) is 2.80. The highest BCUT2D eigenvalue weighted by Crippen LogP contribution is 2.25. The maximum absolute atomic E-state index is 12.7. The van der Waals surface area contributed by atoms with Crippen molar-refractivity contribution in [1.29, 1.82) is 0 Å². The minimum atomic E-state index is -0.504. The summed E-state index contributed by atoms with van der Waals surface area (Å²) in [5, 5.41) is 6.02. The van der Waals surface area contributed by atoms with Gasteiger partial charge in [0.05, 0.1) is 12.6 Å². The van der Waals surface area contributed by atoms with Crippen molar-refractivity contribution in [3.63, 3.8) is 0 Å². The molecule has 1 heterocycles. The second-order valence-corrected chi connectivity index (χ2v) is 7.44. The van der Waals surface area contributed by atoms with Crippen LogP contribution in [0.3, 0.4) is 0 Å². The van der Waals surface area contributed by atoms with Crippen LogP contribution >= 0.6 is 0 Å². The molecule has 150 valence electrons. The van der Waals surface area contributed by atoms with Crippen molar-refractivity contribution in [3.8, 4) is 0 Å². The molecule has 0 aromatic heterocycles. The molecule has 29 heavy (non-hydrogen) atoms. The summed E-state index contributed by atoms with van der Waals surface area (Å²) in [4.78, 5) is 14.0. The Bertz CT molecular complexity index is 984. The molecule has 5 heteroatoms. The minimum absolute atomic E-state index is 0.0554. The Morgan fingerprint density at radius 1 is 1.10 bits per heavy atom. The molecule has 1 N–H and O–H groups in total. The fourth-order valence-electron chi connectivity index (χ4n) is 3.81. The number of amides is 1. The highest BCUT2D eigenvalue weighted by molar-refractivity contribution is 5.95. The van der Waals surface area contributed by atoms with Crippen molar-refractivity contribution in [3.05, 3.63) is 77.9 Å². The van der Waals surface area contributed by atoms with Crippen LogP contribution in [0.5, 0.6) is 0 Å². The first-order valence-electron chi connectivity index (χ1n) is 9.93. The molecule has 1 aliphatic heterocycles. The standard InChI is InChI=1S/C24H25FN2O2/c1-17(22-8-4-6-19-5-2-3-7-23(19)22)26-14-21-15-27(24(28)16-29-21)20-11-9-18(13-25)10-12-20/h2-12,17,21,26H,13-16H2,1H3/t17-,21?/m0/s1. The number of nitrogens with zero attached hydrogens (tertiary/aromatic N) is 1. The number of alkyl halides is 1. The number of benzene rings is 3. The molecular formula is C24H25FN2O2. The predicted molar refractivity (Wildman–Crippen MR) is 114 cm³/mol. The van der Waals surface area contributed by atoms with Gasteiger partial charge in [-0.3, -0.25) is 4.79 Å². The lowest BCUT2D eigenvalue weighted by atomic mass is 9.99. The Hall–Kier alpha value is -2.76.